The van der Waals surface area contributed by atoms with E-state index in [1.165, 1.54) is 13.2 Å². The molecule has 3 rings (SSSR count). The van der Waals surface area contributed by atoms with Crippen LogP contribution in [0.3, 0.4) is 0 Å². The molecule has 2 aliphatic rings. The molecule has 0 N–H and O–H groups in total. The lowest BCUT2D eigenvalue weighted by molar-refractivity contribution is -0.127. The average molecular weight is 352 g/mol. The SMILES string of the molecule is COc1ccc(CN2CCCC[C@@H]2CCN2CCCC2=O)c(F)c1F. The molecule has 138 valence electrons. The maximum absolute atomic E-state index is 14.3. The fourth-order valence-corrected chi connectivity index (χ4v) is 3.91. The van der Waals surface area contributed by atoms with E-state index in [1.807, 2.05) is 4.90 Å². The van der Waals surface area contributed by atoms with Gasteiger partial charge in [0.2, 0.25) is 11.7 Å². The van der Waals surface area contributed by atoms with E-state index in [0.29, 0.717) is 24.6 Å². The van der Waals surface area contributed by atoms with Gasteiger partial charge in [0.15, 0.2) is 11.6 Å². The second-order valence-corrected chi connectivity index (χ2v) is 6.95. The molecule has 0 saturated carbocycles. The molecule has 2 fully saturated rings. The molecule has 1 amide bonds. The van der Waals surface area contributed by atoms with E-state index in [1.54, 1.807) is 6.07 Å². The molecule has 2 aliphatic heterocycles. The highest BCUT2D eigenvalue weighted by molar-refractivity contribution is 5.78. The van der Waals surface area contributed by atoms with Gasteiger partial charge >= 0.3 is 0 Å². The molecule has 4 nitrogen and oxygen atoms in total. The molecule has 0 bridgehead atoms. The zero-order valence-electron chi connectivity index (χ0n) is 14.8. The quantitative estimate of drug-likeness (QED) is 0.787. The summed E-state index contributed by atoms with van der Waals surface area (Å²) in [5, 5.41) is 0. The number of amides is 1. The Bertz CT molecular complexity index is 624. The summed E-state index contributed by atoms with van der Waals surface area (Å²) in [7, 11) is 1.33. The molecule has 2 saturated heterocycles. The first kappa shape index (κ1) is 18.1. The number of ether oxygens (including phenoxy) is 1. The molecule has 6 heteroatoms. The summed E-state index contributed by atoms with van der Waals surface area (Å²) in [6.45, 7) is 2.89. The third kappa shape index (κ3) is 4.11. The Hall–Kier alpha value is -1.69. The Morgan fingerprint density at radius 3 is 2.72 bits per heavy atom. The van der Waals surface area contributed by atoms with Gasteiger partial charge in [0.1, 0.15) is 0 Å². The van der Waals surface area contributed by atoms with Crippen LogP contribution in [0, 0.1) is 11.6 Å². The molecule has 0 aliphatic carbocycles. The van der Waals surface area contributed by atoms with Crippen LogP contribution in [0.25, 0.3) is 0 Å². The molecular weight excluding hydrogens is 326 g/mol. The second kappa shape index (κ2) is 8.13. The number of hydrogen-bond acceptors (Lipinski definition) is 3. The lowest BCUT2D eigenvalue weighted by atomic mass is 9.98. The van der Waals surface area contributed by atoms with E-state index < -0.39 is 11.6 Å². The van der Waals surface area contributed by atoms with Crippen LogP contribution in [-0.4, -0.2) is 48.5 Å². The maximum atomic E-state index is 14.3. The van der Waals surface area contributed by atoms with Crippen molar-refractivity contribution in [1.82, 2.24) is 9.80 Å². The maximum Gasteiger partial charge on any atom is 0.222 e. The molecule has 0 unspecified atom stereocenters. The molecule has 0 spiro atoms. The number of piperidine rings is 1. The third-order valence-corrected chi connectivity index (χ3v) is 5.37. The summed E-state index contributed by atoms with van der Waals surface area (Å²) in [5.74, 6) is -1.57. The van der Waals surface area contributed by atoms with Crippen LogP contribution in [0.1, 0.15) is 44.1 Å². The monoisotopic (exact) mass is 352 g/mol. The lowest BCUT2D eigenvalue weighted by Gasteiger charge is -2.36. The Kier molecular flexibility index (Phi) is 5.89. The average Bonchev–Trinajstić information content (AvgIpc) is 3.03. The summed E-state index contributed by atoms with van der Waals surface area (Å²) in [6, 6.07) is 3.40. The minimum atomic E-state index is -0.920. The van der Waals surface area contributed by atoms with E-state index in [4.69, 9.17) is 4.74 Å². The number of nitrogens with zero attached hydrogens (tertiary/aromatic N) is 2. The number of benzene rings is 1. The van der Waals surface area contributed by atoms with Crippen molar-refractivity contribution in [3.63, 3.8) is 0 Å². The zero-order valence-corrected chi connectivity index (χ0v) is 14.8. The number of carbonyl (C=O) groups excluding carboxylic acids is 1. The normalized spacial score (nSPS) is 21.8. The standard InChI is InChI=1S/C19H26F2N2O2/c1-25-16-8-7-14(18(20)19(16)21)13-23-10-3-2-5-15(23)9-12-22-11-4-6-17(22)24/h7-8,15H,2-6,9-13H2,1H3/t15-/m1/s1. The van der Waals surface area contributed by atoms with Gasteiger partial charge in [-0.1, -0.05) is 12.5 Å². The van der Waals surface area contributed by atoms with E-state index in [-0.39, 0.29) is 11.7 Å². The smallest absolute Gasteiger partial charge is 0.222 e. The lowest BCUT2D eigenvalue weighted by Crippen LogP contribution is -2.41. The van der Waals surface area contributed by atoms with Crippen molar-refractivity contribution in [2.75, 3.05) is 26.7 Å². The second-order valence-electron chi connectivity index (χ2n) is 6.95. The van der Waals surface area contributed by atoms with Crippen molar-refractivity contribution >= 4 is 5.91 Å². The van der Waals surface area contributed by atoms with Crippen molar-refractivity contribution in [1.29, 1.82) is 0 Å². The Balaban J connectivity index is 1.65. The van der Waals surface area contributed by atoms with Crippen LogP contribution in [0.2, 0.25) is 0 Å². The molecule has 2 heterocycles. The van der Waals surface area contributed by atoms with Gasteiger partial charge in [0.05, 0.1) is 7.11 Å². The zero-order chi connectivity index (χ0) is 17.8. The van der Waals surface area contributed by atoms with E-state index in [2.05, 4.69) is 4.90 Å². The summed E-state index contributed by atoms with van der Waals surface area (Å²) in [6.07, 6.45) is 5.76. The van der Waals surface area contributed by atoms with Crippen LogP contribution < -0.4 is 4.74 Å². The van der Waals surface area contributed by atoms with Crippen molar-refractivity contribution in [2.45, 2.75) is 51.1 Å². The van der Waals surface area contributed by atoms with E-state index in [9.17, 15) is 13.6 Å². The van der Waals surface area contributed by atoms with E-state index in [0.717, 1.165) is 51.7 Å². The third-order valence-electron chi connectivity index (χ3n) is 5.37. The van der Waals surface area contributed by atoms with Crippen LogP contribution in [-0.2, 0) is 11.3 Å². The molecule has 1 aromatic rings. The van der Waals surface area contributed by atoms with Crippen LogP contribution in [0.15, 0.2) is 12.1 Å². The van der Waals surface area contributed by atoms with Crippen molar-refractivity contribution in [3.05, 3.63) is 29.3 Å². The highest BCUT2D eigenvalue weighted by Gasteiger charge is 2.27. The summed E-state index contributed by atoms with van der Waals surface area (Å²) in [4.78, 5) is 15.9. The molecule has 25 heavy (non-hydrogen) atoms. The number of halogens is 2. The fourth-order valence-electron chi connectivity index (χ4n) is 3.91. The highest BCUT2D eigenvalue weighted by atomic mass is 19.2. The summed E-state index contributed by atoms with van der Waals surface area (Å²) in [5.41, 5.74) is 0.363. The molecular formula is C19H26F2N2O2. The Morgan fingerprint density at radius 2 is 2.00 bits per heavy atom. The number of methoxy groups -OCH3 is 1. The van der Waals surface area contributed by atoms with E-state index >= 15 is 0 Å². The minimum Gasteiger partial charge on any atom is -0.494 e. The highest BCUT2D eigenvalue weighted by Crippen LogP contribution is 2.27. The first-order valence-electron chi connectivity index (χ1n) is 9.13. The van der Waals surface area contributed by atoms with Crippen molar-refractivity contribution in [3.8, 4) is 5.75 Å². The minimum absolute atomic E-state index is 0.0658. The van der Waals surface area contributed by atoms with Gasteiger partial charge in [-0.05, 0) is 38.3 Å². The summed E-state index contributed by atoms with van der Waals surface area (Å²) < 4.78 is 33.1. The number of carbonyl (C=O) groups is 1. The number of hydrogen-bond donors (Lipinski definition) is 0. The Morgan fingerprint density at radius 1 is 1.16 bits per heavy atom. The van der Waals surface area contributed by atoms with Crippen molar-refractivity contribution in [2.24, 2.45) is 0 Å². The predicted molar refractivity (Wildman–Crippen MR) is 91.4 cm³/mol. The van der Waals surface area contributed by atoms with Gasteiger partial charge in [0, 0.05) is 37.7 Å². The fraction of sp³-hybridized carbons (Fsp3) is 0.632. The largest absolute Gasteiger partial charge is 0.494 e. The molecule has 0 aromatic heterocycles. The van der Waals surface area contributed by atoms with Gasteiger partial charge in [-0.25, -0.2) is 4.39 Å². The molecule has 0 radical (unpaired) electrons. The van der Waals surface area contributed by atoms with Crippen LogP contribution in [0.4, 0.5) is 8.78 Å². The van der Waals surface area contributed by atoms with Gasteiger partial charge in [-0.3, -0.25) is 9.69 Å². The van der Waals surface area contributed by atoms with Gasteiger partial charge in [0.25, 0.3) is 0 Å². The van der Waals surface area contributed by atoms with Crippen molar-refractivity contribution < 1.29 is 18.3 Å². The number of rotatable bonds is 6. The first-order chi connectivity index (χ1) is 12.1. The van der Waals surface area contributed by atoms with Gasteiger partial charge < -0.3 is 9.64 Å². The van der Waals surface area contributed by atoms with Gasteiger partial charge in [-0.2, -0.15) is 4.39 Å². The molecule has 1 aromatic carbocycles. The Labute approximate surface area is 147 Å². The predicted octanol–water partition coefficient (Wildman–Crippen LogP) is 3.34. The van der Waals surface area contributed by atoms with Gasteiger partial charge in [-0.15, -0.1) is 0 Å². The molecule has 1 atom stereocenters. The topological polar surface area (TPSA) is 32.8 Å². The summed E-state index contributed by atoms with van der Waals surface area (Å²) >= 11 is 0. The first-order valence-corrected chi connectivity index (χ1v) is 9.13. The van der Waals surface area contributed by atoms with Crippen LogP contribution >= 0.6 is 0 Å². The van der Waals surface area contributed by atoms with Crippen LogP contribution in [0.5, 0.6) is 5.75 Å². The number of likely N-dealkylation sites (tertiary alicyclic amines) is 2.